The van der Waals surface area contributed by atoms with Crippen LogP contribution in [0.15, 0.2) is 18.2 Å². The lowest BCUT2D eigenvalue weighted by Gasteiger charge is -2.27. The molecule has 0 spiro atoms. The Labute approximate surface area is 140 Å². The Morgan fingerprint density at radius 1 is 1.22 bits per heavy atom. The zero-order valence-corrected chi connectivity index (χ0v) is 14.4. The van der Waals surface area contributed by atoms with Crippen LogP contribution in [-0.2, 0) is 24.1 Å². The largest absolute Gasteiger partial charge is 0.480 e. The zero-order chi connectivity index (χ0) is 16.7. The molecule has 0 heterocycles. The number of carbonyl (C=O) groups is 1. The maximum atomic E-state index is 11.1. The Bertz CT molecular complexity index is 512. The van der Waals surface area contributed by atoms with Crippen molar-refractivity contribution < 1.29 is 9.90 Å². The van der Waals surface area contributed by atoms with E-state index in [9.17, 15) is 4.79 Å². The Morgan fingerprint density at radius 2 is 1.96 bits per heavy atom. The SMILES string of the molecule is CCCCCCCCc1ccc2c(c1)CC[C@@H]([C@@H](N)C(=O)O)C2. The molecule has 0 saturated carbocycles. The fourth-order valence-corrected chi connectivity index (χ4v) is 3.61. The number of hydrogen-bond acceptors (Lipinski definition) is 2. The van der Waals surface area contributed by atoms with Crippen molar-refractivity contribution in [1.82, 2.24) is 0 Å². The predicted octanol–water partition coefficient (Wildman–Crippen LogP) is 4.11. The lowest BCUT2D eigenvalue weighted by atomic mass is 9.79. The molecule has 23 heavy (non-hydrogen) atoms. The van der Waals surface area contributed by atoms with Gasteiger partial charge in [0, 0.05) is 0 Å². The topological polar surface area (TPSA) is 63.3 Å². The monoisotopic (exact) mass is 317 g/mol. The molecule has 1 aliphatic carbocycles. The number of rotatable bonds is 9. The molecule has 0 fully saturated rings. The summed E-state index contributed by atoms with van der Waals surface area (Å²) in [6.07, 6.45) is 11.8. The molecule has 1 aromatic rings. The van der Waals surface area contributed by atoms with Gasteiger partial charge in [-0.05, 0) is 54.7 Å². The summed E-state index contributed by atoms with van der Waals surface area (Å²) in [6, 6.07) is 6.03. The van der Waals surface area contributed by atoms with E-state index >= 15 is 0 Å². The molecule has 0 saturated heterocycles. The van der Waals surface area contributed by atoms with Crippen LogP contribution in [0.25, 0.3) is 0 Å². The molecule has 2 atom stereocenters. The molecule has 128 valence electrons. The van der Waals surface area contributed by atoms with Gasteiger partial charge in [0.15, 0.2) is 0 Å². The third-order valence-corrected chi connectivity index (χ3v) is 5.15. The summed E-state index contributed by atoms with van der Waals surface area (Å²) in [7, 11) is 0. The Balaban J connectivity index is 1.83. The van der Waals surface area contributed by atoms with Gasteiger partial charge in [-0.3, -0.25) is 4.79 Å². The number of nitrogens with two attached hydrogens (primary N) is 1. The van der Waals surface area contributed by atoms with E-state index in [0.717, 1.165) is 25.7 Å². The molecule has 3 nitrogen and oxygen atoms in total. The Morgan fingerprint density at radius 3 is 2.70 bits per heavy atom. The van der Waals surface area contributed by atoms with E-state index < -0.39 is 12.0 Å². The first-order valence-corrected chi connectivity index (χ1v) is 9.21. The van der Waals surface area contributed by atoms with E-state index in [1.165, 1.54) is 55.2 Å². The summed E-state index contributed by atoms with van der Waals surface area (Å²) < 4.78 is 0. The van der Waals surface area contributed by atoms with Gasteiger partial charge in [-0.15, -0.1) is 0 Å². The van der Waals surface area contributed by atoms with Crippen LogP contribution in [0, 0.1) is 5.92 Å². The lowest BCUT2D eigenvalue weighted by Crippen LogP contribution is -2.40. The number of aliphatic carboxylic acids is 1. The van der Waals surface area contributed by atoms with Crippen LogP contribution in [0.4, 0.5) is 0 Å². The average Bonchev–Trinajstić information content (AvgIpc) is 2.56. The van der Waals surface area contributed by atoms with Crippen LogP contribution in [0.1, 0.15) is 68.6 Å². The average molecular weight is 317 g/mol. The number of carboxylic acid groups (broad SMARTS) is 1. The summed E-state index contributed by atoms with van der Waals surface area (Å²) in [5, 5.41) is 9.08. The van der Waals surface area contributed by atoms with Gasteiger partial charge >= 0.3 is 5.97 Å². The first kappa shape index (κ1) is 18.0. The van der Waals surface area contributed by atoms with Gasteiger partial charge in [-0.25, -0.2) is 0 Å². The third-order valence-electron chi connectivity index (χ3n) is 5.15. The summed E-state index contributed by atoms with van der Waals surface area (Å²) in [4.78, 5) is 11.1. The third kappa shape index (κ3) is 5.35. The van der Waals surface area contributed by atoms with Gasteiger partial charge in [-0.2, -0.15) is 0 Å². The number of carboxylic acids is 1. The van der Waals surface area contributed by atoms with Crippen molar-refractivity contribution in [2.75, 3.05) is 0 Å². The molecular formula is C20H31NO2. The van der Waals surface area contributed by atoms with Crippen LogP contribution < -0.4 is 5.73 Å². The van der Waals surface area contributed by atoms with Gasteiger partial charge < -0.3 is 10.8 Å². The second-order valence-electron chi connectivity index (χ2n) is 6.99. The summed E-state index contributed by atoms with van der Waals surface area (Å²) in [5.41, 5.74) is 9.93. The van der Waals surface area contributed by atoms with E-state index in [1.54, 1.807) is 0 Å². The van der Waals surface area contributed by atoms with Crippen molar-refractivity contribution in [2.24, 2.45) is 11.7 Å². The number of aryl methyl sites for hydroxylation is 2. The van der Waals surface area contributed by atoms with Crippen LogP contribution >= 0.6 is 0 Å². The van der Waals surface area contributed by atoms with Gasteiger partial charge in [-0.1, -0.05) is 57.2 Å². The molecule has 3 N–H and O–H groups in total. The van der Waals surface area contributed by atoms with E-state index in [2.05, 4.69) is 25.1 Å². The minimum atomic E-state index is -0.877. The molecule has 1 aliphatic rings. The van der Waals surface area contributed by atoms with Crippen molar-refractivity contribution in [3.63, 3.8) is 0 Å². The van der Waals surface area contributed by atoms with Gasteiger partial charge in [0.25, 0.3) is 0 Å². The lowest BCUT2D eigenvalue weighted by molar-refractivity contribution is -0.140. The highest BCUT2D eigenvalue weighted by Gasteiger charge is 2.28. The van der Waals surface area contributed by atoms with Crippen LogP contribution in [0.5, 0.6) is 0 Å². The van der Waals surface area contributed by atoms with Crippen molar-refractivity contribution in [2.45, 2.75) is 77.2 Å². The number of benzene rings is 1. The van der Waals surface area contributed by atoms with Crippen LogP contribution in [0.2, 0.25) is 0 Å². The van der Waals surface area contributed by atoms with Crippen molar-refractivity contribution in [3.05, 3.63) is 34.9 Å². The first-order valence-electron chi connectivity index (χ1n) is 9.21. The Kier molecular flexibility index (Phi) is 7.10. The number of hydrogen-bond donors (Lipinski definition) is 2. The molecule has 0 aromatic heterocycles. The minimum Gasteiger partial charge on any atom is -0.480 e. The zero-order valence-electron chi connectivity index (χ0n) is 14.4. The van der Waals surface area contributed by atoms with E-state index in [0.29, 0.717) is 0 Å². The second kappa shape index (κ2) is 9.07. The smallest absolute Gasteiger partial charge is 0.320 e. The Hall–Kier alpha value is -1.35. The van der Waals surface area contributed by atoms with Gasteiger partial charge in [0.1, 0.15) is 6.04 Å². The molecule has 0 amide bonds. The molecule has 3 heteroatoms. The predicted molar refractivity (Wildman–Crippen MR) is 94.6 cm³/mol. The maximum Gasteiger partial charge on any atom is 0.320 e. The molecule has 0 aliphatic heterocycles. The summed E-state index contributed by atoms with van der Waals surface area (Å²) in [5.74, 6) is -0.803. The molecular weight excluding hydrogens is 286 g/mol. The van der Waals surface area contributed by atoms with Crippen LogP contribution in [0.3, 0.4) is 0 Å². The van der Waals surface area contributed by atoms with Crippen molar-refractivity contribution >= 4 is 5.97 Å². The standard InChI is InChI=1S/C20H31NO2/c1-2-3-4-5-6-7-8-15-9-10-17-14-18(19(21)20(22)23)12-11-16(17)13-15/h9-10,13,18-19H,2-8,11-12,14,21H2,1H3,(H,22,23)/t18-,19-/m1/s1. The fourth-order valence-electron chi connectivity index (χ4n) is 3.61. The normalized spacial score (nSPS) is 18.4. The van der Waals surface area contributed by atoms with Crippen molar-refractivity contribution in [1.29, 1.82) is 0 Å². The maximum absolute atomic E-state index is 11.1. The fraction of sp³-hybridized carbons (Fsp3) is 0.650. The highest BCUT2D eigenvalue weighted by atomic mass is 16.4. The minimum absolute atomic E-state index is 0.0735. The summed E-state index contributed by atoms with van der Waals surface area (Å²) >= 11 is 0. The highest BCUT2D eigenvalue weighted by molar-refractivity contribution is 5.73. The van der Waals surface area contributed by atoms with E-state index in [-0.39, 0.29) is 5.92 Å². The molecule has 0 radical (unpaired) electrons. The molecule has 1 aromatic carbocycles. The van der Waals surface area contributed by atoms with E-state index in [1.807, 2.05) is 0 Å². The van der Waals surface area contributed by atoms with E-state index in [4.69, 9.17) is 10.8 Å². The number of fused-ring (bicyclic) bond motifs is 1. The molecule has 0 unspecified atom stereocenters. The summed E-state index contributed by atoms with van der Waals surface area (Å²) in [6.45, 7) is 2.25. The first-order chi connectivity index (χ1) is 11.1. The van der Waals surface area contributed by atoms with Crippen molar-refractivity contribution in [3.8, 4) is 0 Å². The molecule has 2 rings (SSSR count). The second-order valence-corrected chi connectivity index (χ2v) is 6.99. The quantitative estimate of drug-likeness (QED) is 0.674. The van der Waals surface area contributed by atoms with Gasteiger partial charge in [0.2, 0.25) is 0 Å². The van der Waals surface area contributed by atoms with Gasteiger partial charge in [0.05, 0.1) is 0 Å². The highest BCUT2D eigenvalue weighted by Crippen LogP contribution is 2.28. The molecule has 0 bridgehead atoms. The number of unbranched alkanes of at least 4 members (excludes halogenated alkanes) is 5. The van der Waals surface area contributed by atoms with Crippen LogP contribution in [-0.4, -0.2) is 17.1 Å².